The average molecular weight is 402 g/mol. The number of fused-ring (bicyclic) bond motifs is 1. The summed E-state index contributed by atoms with van der Waals surface area (Å²) in [5.74, 6) is 1.65. The minimum Gasteiger partial charge on any atom is -0.454 e. The van der Waals surface area contributed by atoms with Crippen molar-refractivity contribution in [2.24, 2.45) is 4.99 Å². The molecule has 0 saturated carbocycles. The van der Waals surface area contributed by atoms with Crippen LogP contribution in [0, 0.1) is 5.82 Å². The Morgan fingerprint density at radius 2 is 1.85 bits per heavy atom. The number of halogens is 2. The van der Waals surface area contributed by atoms with Gasteiger partial charge < -0.3 is 10.1 Å². The van der Waals surface area contributed by atoms with Crippen molar-refractivity contribution in [2.45, 2.75) is 11.4 Å². The van der Waals surface area contributed by atoms with Crippen molar-refractivity contribution >= 4 is 35.2 Å². The number of aromatic nitrogens is 2. The molecule has 27 heavy (non-hydrogen) atoms. The van der Waals surface area contributed by atoms with Crippen molar-refractivity contribution in [3.8, 4) is 11.5 Å². The second-order valence-electron chi connectivity index (χ2n) is 5.47. The summed E-state index contributed by atoms with van der Waals surface area (Å²) >= 11 is 7.59. The van der Waals surface area contributed by atoms with Gasteiger partial charge in [-0.2, -0.15) is 0 Å². The SMILES string of the molecule is Fc1cnc(CN=C2NSc3cccc(Oc4ccccc4Cl)c3N2)nc1. The third kappa shape index (κ3) is 4.12. The number of nitrogens with one attached hydrogen (secondary N) is 2. The normalized spacial score (nSPS) is 14.2. The van der Waals surface area contributed by atoms with E-state index in [0.29, 0.717) is 28.3 Å². The highest BCUT2D eigenvalue weighted by atomic mass is 35.5. The van der Waals surface area contributed by atoms with Gasteiger partial charge in [0.2, 0.25) is 5.96 Å². The number of benzene rings is 2. The maximum atomic E-state index is 12.9. The van der Waals surface area contributed by atoms with Gasteiger partial charge in [-0.15, -0.1) is 0 Å². The van der Waals surface area contributed by atoms with Gasteiger partial charge >= 0.3 is 0 Å². The number of anilines is 1. The average Bonchev–Trinajstić information content (AvgIpc) is 2.69. The molecule has 0 amide bonds. The summed E-state index contributed by atoms with van der Waals surface area (Å²) in [6.07, 6.45) is 2.23. The number of hydrogen-bond donors (Lipinski definition) is 2. The smallest absolute Gasteiger partial charge is 0.206 e. The first-order valence-corrected chi connectivity index (χ1v) is 9.14. The Balaban J connectivity index is 1.55. The van der Waals surface area contributed by atoms with E-state index in [9.17, 15) is 4.39 Å². The van der Waals surface area contributed by atoms with Crippen molar-refractivity contribution < 1.29 is 9.13 Å². The molecular weight excluding hydrogens is 389 g/mol. The Morgan fingerprint density at radius 3 is 2.67 bits per heavy atom. The first kappa shape index (κ1) is 17.6. The summed E-state index contributed by atoms with van der Waals surface area (Å²) in [5.41, 5.74) is 0.778. The van der Waals surface area contributed by atoms with E-state index in [1.165, 1.54) is 11.9 Å². The van der Waals surface area contributed by atoms with E-state index < -0.39 is 5.82 Å². The lowest BCUT2D eigenvalue weighted by atomic mass is 10.3. The van der Waals surface area contributed by atoms with Crippen LogP contribution in [0.15, 0.2) is 64.7 Å². The molecule has 0 fully saturated rings. The number of hydrogen-bond acceptors (Lipinski definition) is 5. The Hall–Kier alpha value is -2.84. The Morgan fingerprint density at radius 1 is 1.07 bits per heavy atom. The van der Waals surface area contributed by atoms with Gasteiger partial charge in [-0.25, -0.2) is 19.4 Å². The molecule has 0 aliphatic carbocycles. The molecule has 0 saturated heterocycles. The van der Waals surface area contributed by atoms with Gasteiger partial charge in [0.25, 0.3) is 0 Å². The maximum absolute atomic E-state index is 12.9. The molecule has 0 spiro atoms. The van der Waals surface area contributed by atoms with Gasteiger partial charge in [-0.1, -0.05) is 29.8 Å². The van der Waals surface area contributed by atoms with Crippen LogP contribution in [0.4, 0.5) is 10.1 Å². The summed E-state index contributed by atoms with van der Waals surface area (Å²) in [7, 11) is 0. The second kappa shape index (κ2) is 7.81. The minimum absolute atomic E-state index is 0.207. The van der Waals surface area contributed by atoms with Gasteiger partial charge in [0.15, 0.2) is 11.6 Å². The summed E-state index contributed by atoms with van der Waals surface area (Å²) in [5, 5.41) is 3.73. The van der Waals surface area contributed by atoms with Crippen LogP contribution in [0.3, 0.4) is 0 Å². The van der Waals surface area contributed by atoms with Crippen LogP contribution in [0.2, 0.25) is 5.02 Å². The Kier molecular flexibility index (Phi) is 5.08. The van der Waals surface area contributed by atoms with Crippen LogP contribution in [-0.4, -0.2) is 15.9 Å². The van der Waals surface area contributed by atoms with Crippen LogP contribution < -0.4 is 14.8 Å². The zero-order valence-corrected chi connectivity index (χ0v) is 15.4. The lowest BCUT2D eigenvalue weighted by Crippen LogP contribution is -2.29. The molecule has 136 valence electrons. The van der Waals surface area contributed by atoms with E-state index in [1.54, 1.807) is 12.1 Å². The van der Waals surface area contributed by atoms with Crippen molar-refractivity contribution in [2.75, 3.05) is 5.32 Å². The first-order valence-electron chi connectivity index (χ1n) is 7.95. The zero-order chi connectivity index (χ0) is 18.6. The minimum atomic E-state index is -0.480. The molecule has 2 N–H and O–H groups in total. The topological polar surface area (TPSA) is 71.4 Å². The molecule has 0 atom stereocenters. The van der Waals surface area contributed by atoms with Gasteiger partial charge in [0.05, 0.1) is 28.0 Å². The van der Waals surface area contributed by atoms with Crippen molar-refractivity contribution in [1.82, 2.24) is 14.7 Å². The fraction of sp³-hybridized carbons (Fsp3) is 0.0556. The molecule has 0 radical (unpaired) electrons. The fourth-order valence-corrected chi connectivity index (χ4v) is 3.24. The lowest BCUT2D eigenvalue weighted by Gasteiger charge is -2.23. The number of nitrogens with zero attached hydrogens (tertiary/aromatic N) is 3. The monoisotopic (exact) mass is 401 g/mol. The molecule has 0 bridgehead atoms. The number of para-hydroxylation sites is 2. The van der Waals surface area contributed by atoms with Crippen LogP contribution >= 0.6 is 23.5 Å². The molecule has 3 aromatic rings. The number of guanidine groups is 1. The van der Waals surface area contributed by atoms with Crippen molar-refractivity contribution in [3.63, 3.8) is 0 Å². The van der Waals surface area contributed by atoms with E-state index in [-0.39, 0.29) is 6.54 Å². The third-order valence-corrected chi connectivity index (χ3v) is 4.77. The maximum Gasteiger partial charge on any atom is 0.206 e. The molecule has 1 aliphatic heterocycles. The molecule has 2 aromatic carbocycles. The highest BCUT2D eigenvalue weighted by Gasteiger charge is 2.19. The van der Waals surface area contributed by atoms with E-state index in [1.807, 2.05) is 30.3 Å². The van der Waals surface area contributed by atoms with Crippen LogP contribution in [-0.2, 0) is 6.54 Å². The summed E-state index contributed by atoms with van der Waals surface area (Å²) in [6.45, 7) is 0.207. The Labute approximate surface area is 164 Å². The van der Waals surface area contributed by atoms with E-state index >= 15 is 0 Å². The highest BCUT2D eigenvalue weighted by molar-refractivity contribution is 7.98. The number of rotatable bonds is 4. The number of aliphatic imine (C=N–C) groups is 1. The fourth-order valence-electron chi connectivity index (χ4n) is 2.34. The molecule has 6 nitrogen and oxygen atoms in total. The van der Waals surface area contributed by atoms with Crippen molar-refractivity contribution in [1.29, 1.82) is 0 Å². The summed E-state index contributed by atoms with van der Waals surface area (Å²) in [6, 6.07) is 13.0. The molecule has 1 aliphatic rings. The highest BCUT2D eigenvalue weighted by Crippen LogP contribution is 2.40. The largest absolute Gasteiger partial charge is 0.454 e. The molecule has 0 unspecified atom stereocenters. The predicted molar refractivity (Wildman–Crippen MR) is 104 cm³/mol. The lowest BCUT2D eigenvalue weighted by molar-refractivity contribution is 0.484. The molecule has 2 heterocycles. The molecule has 4 rings (SSSR count). The van der Waals surface area contributed by atoms with Gasteiger partial charge in [0, 0.05) is 0 Å². The van der Waals surface area contributed by atoms with E-state index in [0.717, 1.165) is 23.0 Å². The second-order valence-corrected chi connectivity index (χ2v) is 6.73. The van der Waals surface area contributed by atoms with Gasteiger partial charge in [0.1, 0.15) is 18.1 Å². The van der Waals surface area contributed by atoms with Gasteiger partial charge in [-0.3, -0.25) is 4.72 Å². The predicted octanol–water partition coefficient (Wildman–Crippen LogP) is 4.64. The van der Waals surface area contributed by atoms with Crippen molar-refractivity contribution in [3.05, 3.63) is 71.5 Å². The molecular formula is C18H13ClFN5OS. The molecule has 1 aromatic heterocycles. The van der Waals surface area contributed by atoms with E-state index in [2.05, 4.69) is 25.0 Å². The molecule has 9 heteroatoms. The van der Waals surface area contributed by atoms with Crippen LogP contribution in [0.25, 0.3) is 0 Å². The first-order chi connectivity index (χ1) is 13.2. The summed E-state index contributed by atoms with van der Waals surface area (Å²) < 4.78 is 22.0. The quantitative estimate of drug-likeness (QED) is 0.620. The van der Waals surface area contributed by atoms with Crippen LogP contribution in [0.1, 0.15) is 5.82 Å². The Bertz CT molecular complexity index is 999. The zero-order valence-electron chi connectivity index (χ0n) is 13.8. The van der Waals surface area contributed by atoms with Gasteiger partial charge in [-0.05, 0) is 36.2 Å². The number of ether oxygens (including phenoxy) is 1. The van der Waals surface area contributed by atoms with E-state index in [4.69, 9.17) is 16.3 Å². The summed E-state index contributed by atoms with van der Waals surface area (Å²) in [4.78, 5) is 13.1. The standard InChI is InChI=1S/C18H13ClFN5OS/c19-12-4-1-2-5-13(12)26-14-6-3-7-15-17(14)24-18(25-27-15)23-10-16-21-8-11(20)9-22-16/h1-9H,10H2,(H2,23,24,25). The van der Waals surface area contributed by atoms with Crippen LogP contribution in [0.5, 0.6) is 11.5 Å². The third-order valence-electron chi connectivity index (χ3n) is 3.60.